The molecule has 1 heterocycles. The average Bonchev–Trinajstić information content (AvgIpc) is 2.79. The summed E-state index contributed by atoms with van der Waals surface area (Å²) in [5.41, 5.74) is -1.37. The van der Waals surface area contributed by atoms with Crippen molar-refractivity contribution in [2.24, 2.45) is 0 Å². The minimum absolute atomic E-state index is 0.0615. The summed E-state index contributed by atoms with van der Waals surface area (Å²) >= 11 is 0. The van der Waals surface area contributed by atoms with E-state index in [4.69, 9.17) is 14.6 Å². The van der Waals surface area contributed by atoms with Gasteiger partial charge in [0.2, 0.25) is 5.91 Å². The van der Waals surface area contributed by atoms with E-state index in [0.717, 1.165) is 19.4 Å². The number of ether oxygens (including phenoxy) is 2. The molecule has 6 heteroatoms. The summed E-state index contributed by atoms with van der Waals surface area (Å²) in [5.74, 6) is -1.39. The van der Waals surface area contributed by atoms with Crippen molar-refractivity contribution in [1.82, 2.24) is 5.32 Å². The lowest BCUT2D eigenvalue weighted by Gasteiger charge is -2.25. The first-order valence-electron chi connectivity index (χ1n) is 6.13. The highest BCUT2D eigenvalue weighted by Gasteiger charge is 2.35. The van der Waals surface area contributed by atoms with Crippen molar-refractivity contribution in [3.05, 3.63) is 0 Å². The number of rotatable bonds is 7. The fraction of sp³-hybridized carbons (Fsp3) is 0.833. The molecule has 6 nitrogen and oxygen atoms in total. The Morgan fingerprint density at radius 1 is 1.56 bits per heavy atom. The van der Waals surface area contributed by atoms with Crippen molar-refractivity contribution < 1.29 is 24.2 Å². The van der Waals surface area contributed by atoms with Crippen LogP contribution in [-0.4, -0.2) is 48.9 Å². The molecule has 2 N–H and O–H groups in total. The summed E-state index contributed by atoms with van der Waals surface area (Å²) in [5, 5.41) is 11.6. The van der Waals surface area contributed by atoms with E-state index in [0.29, 0.717) is 6.42 Å². The van der Waals surface area contributed by atoms with Crippen LogP contribution >= 0.6 is 0 Å². The van der Waals surface area contributed by atoms with Crippen LogP contribution in [0.4, 0.5) is 0 Å². The highest BCUT2D eigenvalue weighted by molar-refractivity contribution is 5.86. The minimum Gasteiger partial charge on any atom is -0.479 e. The third kappa shape index (κ3) is 4.27. The molecule has 0 aromatic carbocycles. The number of carbonyl (C=O) groups excluding carboxylic acids is 1. The van der Waals surface area contributed by atoms with E-state index in [-0.39, 0.29) is 25.0 Å². The van der Waals surface area contributed by atoms with E-state index < -0.39 is 11.5 Å². The Morgan fingerprint density at radius 3 is 2.78 bits per heavy atom. The Morgan fingerprint density at radius 2 is 2.28 bits per heavy atom. The quantitative estimate of drug-likeness (QED) is 0.697. The molecule has 1 aliphatic rings. The smallest absolute Gasteiger partial charge is 0.331 e. The molecule has 2 atom stereocenters. The molecule has 0 aromatic rings. The molecular formula is C12H21NO5. The van der Waals surface area contributed by atoms with Gasteiger partial charge >= 0.3 is 5.97 Å². The van der Waals surface area contributed by atoms with Gasteiger partial charge < -0.3 is 19.9 Å². The highest BCUT2D eigenvalue weighted by atomic mass is 16.5. The zero-order valence-electron chi connectivity index (χ0n) is 10.9. The largest absolute Gasteiger partial charge is 0.479 e. The summed E-state index contributed by atoms with van der Waals surface area (Å²) in [7, 11) is 1.40. The fourth-order valence-corrected chi connectivity index (χ4v) is 1.97. The predicted octanol–water partition coefficient (Wildman–Crippen LogP) is 0.552. The third-order valence-electron chi connectivity index (χ3n) is 3.04. The van der Waals surface area contributed by atoms with Crippen LogP contribution in [0, 0.1) is 0 Å². The SMILES string of the molecule is COCC(C)(NC(=O)CCC1CCCO1)C(=O)O. The van der Waals surface area contributed by atoms with Gasteiger partial charge in [-0.2, -0.15) is 0 Å². The van der Waals surface area contributed by atoms with Crippen LogP contribution in [0.15, 0.2) is 0 Å². The number of carbonyl (C=O) groups is 2. The molecule has 104 valence electrons. The monoisotopic (exact) mass is 259 g/mol. The standard InChI is InChI=1S/C12H21NO5/c1-12(8-17-2,11(15)16)13-10(14)6-5-9-4-3-7-18-9/h9H,3-8H2,1-2H3,(H,13,14)(H,15,16). The summed E-state index contributed by atoms with van der Waals surface area (Å²) < 4.78 is 10.2. The second kappa shape index (κ2) is 6.70. The highest BCUT2D eigenvalue weighted by Crippen LogP contribution is 2.17. The Bertz CT molecular complexity index is 301. The number of carboxylic acid groups (broad SMARTS) is 1. The van der Waals surface area contributed by atoms with Crippen molar-refractivity contribution in [2.45, 2.75) is 44.2 Å². The molecule has 0 spiro atoms. The molecule has 2 unspecified atom stereocenters. The van der Waals surface area contributed by atoms with Crippen LogP contribution in [0.2, 0.25) is 0 Å². The summed E-state index contributed by atoms with van der Waals surface area (Å²) in [6, 6.07) is 0. The fourth-order valence-electron chi connectivity index (χ4n) is 1.97. The molecule has 1 rings (SSSR count). The summed E-state index contributed by atoms with van der Waals surface area (Å²) in [6.07, 6.45) is 3.05. The van der Waals surface area contributed by atoms with E-state index in [1.165, 1.54) is 14.0 Å². The number of amides is 1. The van der Waals surface area contributed by atoms with Gasteiger partial charge in [-0.15, -0.1) is 0 Å². The number of methoxy groups -OCH3 is 1. The molecule has 0 saturated carbocycles. The van der Waals surface area contributed by atoms with Gasteiger partial charge in [0, 0.05) is 20.1 Å². The molecule has 0 aliphatic carbocycles. The van der Waals surface area contributed by atoms with Crippen molar-refractivity contribution in [2.75, 3.05) is 20.3 Å². The third-order valence-corrected chi connectivity index (χ3v) is 3.04. The van der Waals surface area contributed by atoms with Crippen molar-refractivity contribution >= 4 is 11.9 Å². The number of carboxylic acids is 1. The van der Waals surface area contributed by atoms with E-state index in [1.54, 1.807) is 0 Å². The zero-order chi connectivity index (χ0) is 13.6. The first kappa shape index (κ1) is 14.9. The maximum absolute atomic E-state index is 11.7. The Kier molecular flexibility index (Phi) is 5.55. The Labute approximate surface area is 107 Å². The Hall–Kier alpha value is -1.14. The molecule has 0 aromatic heterocycles. The van der Waals surface area contributed by atoms with Crippen LogP contribution in [0.5, 0.6) is 0 Å². The molecule has 1 fully saturated rings. The van der Waals surface area contributed by atoms with Gasteiger partial charge in [0.25, 0.3) is 0 Å². The molecule has 1 saturated heterocycles. The van der Waals surface area contributed by atoms with Gasteiger partial charge in [-0.3, -0.25) is 4.79 Å². The zero-order valence-corrected chi connectivity index (χ0v) is 10.9. The first-order valence-corrected chi connectivity index (χ1v) is 6.13. The lowest BCUT2D eigenvalue weighted by Crippen LogP contribution is -2.55. The van der Waals surface area contributed by atoms with Crippen molar-refractivity contribution in [3.8, 4) is 0 Å². The lowest BCUT2D eigenvalue weighted by molar-refractivity contribution is -0.149. The molecular weight excluding hydrogens is 238 g/mol. The molecule has 0 radical (unpaired) electrons. The maximum atomic E-state index is 11.7. The van der Waals surface area contributed by atoms with Gasteiger partial charge in [-0.05, 0) is 26.2 Å². The lowest BCUT2D eigenvalue weighted by atomic mass is 10.0. The van der Waals surface area contributed by atoms with Crippen LogP contribution in [-0.2, 0) is 19.1 Å². The Balaban J connectivity index is 2.38. The van der Waals surface area contributed by atoms with E-state index in [2.05, 4.69) is 5.32 Å². The number of nitrogens with one attached hydrogen (secondary N) is 1. The van der Waals surface area contributed by atoms with E-state index >= 15 is 0 Å². The van der Waals surface area contributed by atoms with Gasteiger partial charge in [0.15, 0.2) is 5.54 Å². The maximum Gasteiger partial charge on any atom is 0.331 e. The first-order chi connectivity index (χ1) is 8.48. The van der Waals surface area contributed by atoms with Gasteiger partial charge in [-0.25, -0.2) is 4.79 Å². The van der Waals surface area contributed by atoms with Crippen LogP contribution < -0.4 is 5.32 Å². The summed E-state index contributed by atoms with van der Waals surface area (Å²) in [6.45, 7) is 2.12. The van der Waals surface area contributed by atoms with Crippen molar-refractivity contribution in [1.29, 1.82) is 0 Å². The number of hydrogen-bond donors (Lipinski definition) is 2. The summed E-state index contributed by atoms with van der Waals surface area (Å²) in [4.78, 5) is 22.8. The topological polar surface area (TPSA) is 84.9 Å². The second-order valence-corrected chi connectivity index (χ2v) is 4.79. The number of hydrogen-bond acceptors (Lipinski definition) is 4. The molecule has 1 aliphatic heterocycles. The average molecular weight is 259 g/mol. The molecule has 18 heavy (non-hydrogen) atoms. The van der Waals surface area contributed by atoms with Crippen molar-refractivity contribution in [3.63, 3.8) is 0 Å². The number of aliphatic carboxylic acids is 1. The van der Waals surface area contributed by atoms with E-state index in [1.807, 2.05) is 0 Å². The molecule has 0 bridgehead atoms. The van der Waals surface area contributed by atoms with Crippen LogP contribution in [0.1, 0.15) is 32.6 Å². The van der Waals surface area contributed by atoms with Crippen LogP contribution in [0.3, 0.4) is 0 Å². The normalized spacial score (nSPS) is 22.4. The van der Waals surface area contributed by atoms with Gasteiger partial charge in [-0.1, -0.05) is 0 Å². The van der Waals surface area contributed by atoms with Gasteiger partial charge in [0.05, 0.1) is 12.7 Å². The van der Waals surface area contributed by atoms with E-state index in [9.17, 15) is 9.59 Å². The minimum atomic E-state index is -1.37. The van der Waals surface area contributed by atoms with Gasteiger partial charge in [0.1, 0.15) is 0 Å². The second-order valence-electron chi connectivity index (χ2n) is 4.79. The molecule has 1 amide bonds. The van der Waals surface area contributed by atoms with Crippen LogP contribution in [0.25, 0.3) is 0 Å². The predicted molar refractivity (Wildman–Crippen MR) is 64.3 cm³/mol.